The van der Waals surface area contributed by atoms with Gasteiger partial charge in [-0.15, -0.1) is 0 Å². The van der Waals surface area contributed by atoms with E-state index >= 15 is 0 Å². The Kier molecular flexibility index (Phi) is 4.44. The molecule has 2 aromatic heterocycles. The van der Waals surface area contributed by atoms with E-state index in [2.05, 4.69) is 33.4 Å². The number of hydrogen-bond donors (Lipinski definition) is 2. The van der Waals surface area contributed by atoms with Crippen LogP contribution in [0.2, 0.25) is 0 Å². The largest absolute Gasteiger partial charge is 0.466 e. The van der Waals surface area contributed by atoms with Gasteiger partial charge in [0.15, 0.2) is 0 Å². The van der Waals surface area contributed by atoms with Crippen molar-refractivity contribution in [1.29, 1.82) is 0 Å². The van der Waals surface area contributed by atoms with Crippen LogP contribution in [0.15, 0.2) is 21.2 Å². The van der Waals surface area contributed by atoms with Crippen molar-refractivity contribution in [3.8, 4) is 0 Å². The first-order valence-corrected chi connectivity index (χ1v) is 7.02. The lowest BCUT2D eigenvalue weighted by molar-refractivity contribution is 0.398. The van der Waals surface area contributed by atoms with Crippen LogP contribution in [0.5, 0.6) is 0 Å². The molecule has 2 rings (SSSR count). The maximum atomic E-state index is 5.63. The van der Waals surface area contributed by atoms with Crippen LogP contribution < -0.4 is 11.3 Å². The highest BCUT2D eigenvalue weighted by Gasteiger charge is 2.18. The zero-order chi connectivity index (χ0) is 14.0. The third-order valence-electron chi connectivity index (χ3n) is 3.50. The zero-order valence-corrected chi connectivity index (χ0v) is 13.0. The van der Waals surface area contributed by atoms with Gasteiger partial charge < -0.3 is 4.42 Å². The highest BCUT2D eigenvalue weighted by molar-refractivity contribution is 9.10. The van der Waals surface area contributed by atoms with E-state index in [-0.39, 0.29) is 6.04 Å². The zero-order valence-electron chi connectivity index (χ0n) is 11.4. The molecule has 0 bridgehead atoms. The molecule has 2 aromatic rings. The molecule has 0 saturated carbocycles. The van der Waals surface area contributed by atoms with Gasteiger partial charge in [-0.25, -0.2) is 5.43 Å². The number of rotatable bonds is 5. The van der Waals surface area contributed by atoms with E-state index < -0.39 is 0 Å². The van der Waals surface area contributed by atoms with Crippen molar-refractivity contribution in [2.24, 2.45) is 12.9 Å². The van der Waals surface area contributed by atoms with Gasteiger partial charge in [-0.05, 0) is 54.2 Å². The van der Waals surface area contributed by atoms with E-state index in [1.54, 1.807) is 6.26 Å². The maximum Gasteiger partial charge on any atom is 0.136 e. The minimum Gasteiger partial charge on any atom is -0.466 e. The van der Waals surface area contributed by atoms with Gasteiger partial charge in [0.25, 0.3) is 0 Å². The molecule has 0 spiro atoms. The molecule has 1 atom stereocenters. The van der Waals surface area contributed by atoms with E-state index in [9.17, 15) is 0 Å². The summed E-state index contributed by atoms with van der Waals surface area (Å²) < 4.78 is 8.32. The van der Waals surface area contributed by atoms with Gasteiger partial charge in [-0.3, -0.25) is 10.5 Å². The average Bonchev–Trinajstić information content (AvgIpc) is 2.89. The minimum absolute atomic E-state index is 0.0108. The van der Waals surface area contributed by atoms with Crippen LogP contribution in [-0.2, 0) is 13.5 Å². The van der Waals surface area contributed by atoms with Crippen molar-refractivity contribution in [3.05, 3.63) is 39.5 Å². The molecular formula is C13H19BrN4O. The number of aromatic nitrogens is 2. The molecule has 1 unspecified atom stereocenters. The van der Waals surface area contributed by atoms with Crippen molar-refractivity contribution in [3.63, 3.8) is 0 Å². The second-order valence-electron chi connectivity index (χ2n) is 4.66. The van der Waals surface area contributed by atoms with E-state index in [0.717, 1.165) is 28.8 Å². The van der Waals surface area contributed by atoms with Gasteiger partial charge >= 0.3 is 0 Å². The summed E-state index contributed by atoms with van der Waals surface area (Å²) in [6.07, 6.45) is 3.42. The number of nitrogens with two attached hydrogens (primary N) is 1. The van der Waals surface area contributed by atoms with E-state index in [0.29, 0.717) is 0 Å². The Morgan fingerprint density at radius 3 is 2.74 bits per heavy atom. The van der Waals surface area contributed by atoms with Gasteiger partial charge in [0, 0.05) is 12.7 Å². The first-order valence-electron chi connectivity index (χ1n) is 6.22. The summed E-state index contributed by atoms with van der Waals surface area (Å²) in [4.78, 5) is 0. The molecule has 6 heteroatoms. The average molecular weight is 327 g/mol. The number of hydrogen-bond acceptors (Lipinski definition) is 4. The van der Waals surface area contributed by atoms with Crippen LogP contribution in [0, 0.1) is 13.8 Å². The normalized spacial score (nSPS) is 12.9. The predicted octanol–water partition coefficient (Wildman–Crippen LogP) is 2.53. The Bertz CT molecular complexity index is 561. The standard InChI is InChI=1S/C13H19BrN4O/c1-8-10(9(2)18(3)17-8)4-5-12(16-15)13-11(14)6-7-19-13/h6-7,12,16H,4-5,15H2,1-3H3. The number of halogens is 1. The van der Waals surface area contributed by atoms with E-state index in [1.807, 2.05) is 24.7 Å². The summed E-state index contributed by atoms with van der Waals surface area (Å²) in [6, 6.07) is 1.86. The van der Waals surface area contributed by atoms with Crippen molar-refractivity contribution >= 4 is 15.9 Å². The van der Waals surface area contributed by atoms with Crippen LogP contribution in [0.25, 0.3) is 0 Å². The van der Waals surface area contributed by atoms with Gasteiger partial charge in [-0.1, -0.05) is 0 Å². The van der Waals surface area contributed by atoms with Gasteiger partial charge in [0.2, 0.25) is 0 Å². The van der Waals surface area contributed by atoms with Gasteiger partial charge in [0.05, 0.1) is 22.5 Å². The topological polar surface area (TPSA) is 69.0 Å². The lowest BCUT2D eigenvalue weighted by atomic mass is 10.0. The fourth-order valence-electron chi connectivity index (χ4n) is 2.31. The Hall–Kier alpha value is -1.11. The molecule has 104 valence electrons. The van der Waals surface area contributed by atoms with E-state index in [1.165, 1.54) is 11.3 Å². The second-order valence-corrected chi connectivity index (χ2v) is 5.52. The molecule has 0 aromatic carbocycles. The third kappa shape index (κ3) is 2.91. The summed E-state index contributed by atoms with van der Waals surface area (Å²) in [5.41, 5.74) is 6.37. The number of nitrogens with one attached hydrogen (secondary N) is 1. The van der Waals surface area contributed by atoms with Crippen molar-refractivity contribution in [2.75, 3.05) is 0 Å². The minimum atomic E-state index is -0.0108. The summed E-state index contributed by atoms with van der Waals surface area (Å²) in [6.45, 7) is 4.12. The molecule has 0 saturated heterocycles. The van der Waals surface area contributed by atoms with Crippen LogP contribution in [0.3, 0.4) is 0 Å². The summed E-state index contributed by atoms with van der Waals surface area (Å²) in [7, 11) is 1.97. The first kappa shape index (κ1) is 14.3. The molecule has 0 aliphatic carbocycles. The number of hydrazine groups is 1. The summed E-state index contributed by atoms with van der Waals surface area (Å²) in [5.74, 6) is 6.46. The quantitative estimate of drug-likeness (QED) is 0.654. The monoisotopic (exact) mass is 326 g/mol. The predicted molar refractivity (Wildman–Crippen MR) is 77.5 cm³/mol. The molecule has 19 heavy (non-hydrogen) atoms. The fraction of sp³-hybridized carbons (Fsp3) is 0.462. The Morgan fingerprint density at radius 1 is 1.53 bits per heavy atom. The molecule has 2 heterocycles. The molecule has 0 amide bonds. The summed E-state index contributed by atoms with van der Waals surface area (Å²) in [5, 5.41) is 4.43. The van der Waals surface area contributed by atoms with Crippen LogP contribution in [-0.4, -0.2) is 9.78 Å². The molecule has 0 aliphatic rings. The highest BCUT2D eigenvalue weighted by Crippen LogP contribution is 2.28. The number of nitrogens with zero attached hydrogens (tertiary/aromatic N) is 2. The fourth-order valence-corrected chi connectivity index (χ4v) is 2.79. The van der Waals surface area contributed by atoms with Crippen LogP contribution in [0.1, 0.15) is 35.2 Å². The lowest BCUT2D eigenvalue weighted by Crippen LogP contribution is -2.28. The Labute approximate surface area is 121 Å². The van der Waals surface area contributed by atoms with Crippen molar-refractivity contribution < 1.29 is 4.42 Å². The molecule has 0 radical (unpaired) electrons. The van der Waals surface area contributed by atoms with E-state index in [4.69, 9.17) is 10.3 Å². The molecule has 0 aliphatic heterocycles. The third-order valence-corrected chi connectivity index (χ3v) is 4.16. The molecular weight excluding hydrogens is 308 g/mol. The van der Waals surface area contributed by atoms with Crippen LogP contribution in [0.4, 0.5) is 0 Å². The lowest BCUT2D eigenvalue weighted by Gasteiger charge is -2.14. The number of furan rings is 1. The molecule has 0 fully saturated rings. The first-order chi connectivity index (χ1) is 9.04. The molecule has 3 N–H and O–H groups in total. The number of aryl methyl sites for hydroxylation is 2. The second kappa shape index (κ2) is 5.90. The van der Waals surface area contributed by atoms with Crippen molar-refractivity contribution in [1.82, 2.24) is 15.2 Å². The summed E-state index contributed by atoms with van der Waals surface area (Å²) >= 11 is 3.46. The Balaban J connectivity index is 2.11. The Morgan fingerprint density at radius 2 is 2.26 bits per heavy atom. The van der Waals surface area contributed by atoms with Crippen molar-refractivity contribution in [2.45, 2.75) is 32.7 Å². The smallest absolute Gasteiger partial charge is 0.136 e. The molecule has 5 nitrogen and oxygen atoms in total. The van der Waals surface area contributed by atoms with Crippen LogP contribution >= 0.6 is 15.9 Å². The maximum absolute atomic E-state index is 5.63. The SMILES string of the molecule is Cc1nn(C)c(C)c1CCC(NN)c1occc1Br. The van der Waals surface area contributed by atoms with Gasteiger partial charge in [-0.2, -0.15) is 5.10 Å². The highest BCUT2D eigenvalue weighted by atomic mass is 79.9. The van der Waals surface area contributed by atoms with Gasteiger partial charge in [0.1, 0.15) is 5.76 Å².